The Balaban J connectivity index is 2.44. The summed E-state index contributed by atoms with van der Waals surface area (Å²) < 4.78 is 5.41. The summed E-state index contributed by atoms with van der Waals surface area (Å²) in [4.78, 5) is 14.1. The lowest BCUT2D eigenvalue weighted by Crippen LogP contribution is -2.52. The van der Waals surface area contributed by atoms with Crippen LogP contribution in [0, 0.1) is 5.92 Å². The molecular formula is C13H26N2O2. The lowest BCUT2D eigenvalue weighted by molar-refractivity contribution is -0.135. The SMILES string of the molecule is CCCC(C)(N)C(=O)N1CCC(COCC)C1. The van der Waals surface area contributed by atoms with E-state index in [1.807, 2.05) is 18.7 Å². The monoisotopic (exact) mass is 242 g/mol. The lowest BCUT2D eigenvalue weighted by Gasteiger charge is -2.28. The van der Waals surface area contributed by atoms with Crippen molar-refractivity contribution in [3.05, 3.63) is 0 Å². The summed E-state index contributed by atoms with van der Waals surface area (Å²) in [5.41, 5.74) is 5.37. The van der Waals surface area contributed by atoms with Crippen molar-refractivity contribution in [1.82, 2.24) is 4.90 Å². The molecule has 0 aliphatic carbocycles. The molecule has 0 radical (unpaired) electrons. The first-order chi connectivity index (χ1) is 8.01. The molecule has 0 bridgehead atoms. The van der Waals surface area contributed by atoms with Crippen LogP contribution in [0.25, 0.3) is 0 Å². The summed E-state index contributed by atoms with van der Waals surface area (Å²) in [7, 11) is 0. The minimum Gasteiger partial charge on any atom is -0.381 e. The highest BCUT2D eigenvalue weighted by Crippen LogP contribution is 2.21. The molecule has 2 N–H and O–H groups in total. The van der Waals surface area contributed by atoms with E-state index in [0.717, 1.165) is 45.6 Å². The van der Waals surface area contributed by atoms with Crippen molar-refractivity contribution in [2.75, 3.05) is 26.3 Å². The van der Waals surface area contributed by atoms with Crippen molar-refractivity contribution in [1.29, 1.82) is 0 Å². The molecule has 2 unspecified atom stereocenters. The number of hydrogen-bond acceptors (Lipinski definition) is 3. The van der Waals surface area contributed by atoms with Crippen molar-refractivity contribution in [2.24, 2.45) is 11.7 Å². The molecule has 1 aliphatic rings. The predicted molar refractivity (Wildman–Crippen MR) is 68.7 cm³/mol. The Morgan fingerprint density at radius 1 is 1.53 bits per heavy atom. The predicted octanol–water partition coefficient (Wildman–Crippen LogP) is 1.39. The number of likely N-dealkylation sites (tertiary alicyclic amines) is 1. The first-order valence-corrected chi connectivity index (χ1v) is 6.67. The molecule has 1 rings (SSSR count). The molecule has 0 spiro atoms. The Labute approximate surface area is 104 Å². The van der Waals surface area contributed by atoms with Crippen LogP contribution in [0.5, 0.6) is 0 Å². The quantitative estimate of drug-likeness (QED) is 0.765. The van der Waals surface area contributed by atoms with E-state index in [4.69, 9.17) is 10.5 Å². The van der Waals surface area contributed by atoms with Gasteiger partial charge in [-0.3, -0.25) is 4.79 Å². The second-order valence-electron chi connectivity index (χ2n) is 5.23. The zero-order chi connectivity index (χ0) is 12.9. The van der Waals surface area contributed by atoms with Crippen molar-refractivity contribution in [3.63, 3.8) is 0 Å². The second kappa shape index (κ2) is 6.36. The number of nitrogens with two attached hydrogens (primary N) is 1. The largest absolute Gasteiger partial charge is 0.381 e. The first-order valence-electron chi connectivity index (χ1n) is 6.67. The molecule has 1 fully saturated rings. The Hall–Kier alpha value is -0.610. The number of ether oxygens (including phenoxy) is 1. The fraction of sp³-hybridized carbons (Fsp3) is 0.923. The fourth-order valence-electron chi connectivity index (χ4n) is 2.43. The summed E-state index contributed by atoms with van der Waals surface area (Å²) in [6.07, 6.45) is 2.72. The van der Waals surface area contributed by atoms with E-state index < -0.39 is 5.54 Å². The number of amides is 1. The summed E-state index contributed by atoms with van der Waals surface area (Å²) >= 11 is 0. The Bertz CT molecular complexity index is 254. The number of carbonyl (C=O) groups excluding carboxylic acids is 1. The average Bonchev–Trinajstić information content (AvgIpc) is 2.73. The van der Waals surface area contributed by atoms with Gasteiger partial charge in [-0.1, -0.05) is 13.3 Å². The van der Waals surface area contributed by atoms with Gasteiger partial charge in [-0.2, -0.15) is 0 Å². The topological polar surface area (TPSA) is 55.6 Å². The minimum atomic E-state index is -0.699. The van der Waals surface area contributed by atoms with Crippen LogP contribution in [0.4, 0.5) is 0 Å². The van der Waals surface area contributed by atoms with Crippen molar-refractivity contribution >= 4 is 5.91 Å². The molecule has 100 valence electrons. The summed E-state index contributed by atoms with van der Waals surface area (Å²) in [5.74, 6) is 0.578. The maximum atomic E-state index is 12.2. The molecule has 4 heteroatoms. The van der Waals surface area contributed by atoms with Crippen LogP contribution in [-0.2, 0) is 9.53 Å². The molecule has 4 nitrogen and oxygen atoms in total. The molecule has 0 aromatic heterocycles. The van der Waals surface area contributed by atoms with E-state index >= 15 is 0 Å². The standard InChI is InChI=1S/C13H26N2O2/c1-4-7-13(3,14)12(16)15-8-6-11(9-15)10-17-5-2/h11H,4-10,14H2,1-3H3. The van der Waals surface area contributed by atoms with E-state index in [1.54, 1.807) is 0 Å². The number of rotatable bonds is 6. The second-order valence-corrected chi connectivity index (χ2v) is 5.23. The zero-order valence-corrected chi connectivity index (χ0v) is 11.4. The molecule has 1 saturated heterocycles. The molecule has 0 saturated carbocycles. The first kappa shape index (κ1) is 14.5. The van der Waals surface area contributed by atoms with Gasteiger partial charge in [0.15, 0.2) is 0 Å². The van der Waals surface area contributed by atoms with Gasteiger partial charge < -0.3 is 15.4 Å². The molecule has 0 aromatic rings. The maximum absolute atomic E-state index is 12.2. The third-order valence-corrected chi connectivity index (χ3v) is 3.39. The van der Waals surface area contributed by atoms with Crippen molar-refractivity contribution in [3.8, 4) is 0 Å². The van der Waals surface area contributed by atoms with E-state index in [0.29, 0.717) is 5.92 Å². The average molecular weight is 242 g/mol. The van der Waals surface area contributed by atoms with Crippen LogP contribution < -0.4 is 5.73 Å². The maximum Gasteiger partial charge on any atom is 0.242 e. The highest BCUT2D eigenvalue weighted by molar-refractivity contribution is 5.85. The van der Waals surface area contributed by atoms with Gasteiger partial charge in [-0.05, 0) is 26.7 Å². The summed E-state index contributed by atoms with van der Waals surface area (Å²) in [6.45, 7) is 9.03. The van der Waals surface area contributed by atoms with Gasteiger partial charge in [0.2, 0.25) is 5.91 Å². The molecule has 0 aromatic carbocycles. The number of hydrogen-bond donors (Lipinski definition) is 1. The van der Waals surface area contributed by atoms with Crippen LogP contribution in [0.3, 0.4) is 0 Å². The number of nitrogens with zero attached hydrogens (tertiary/aromatic N) is 1. The molecule has 1 aliphatic heterocycles. The lowest BCUT2D eigenvalue weighted by atomic mass is 9.96. The van der Waals surface area contributed by atoms with Crippen LogP contribution in [0.1, 0.15) is 40.0 Å². The third-order valence-electron chi connectivity index (χ3n) is 3.39. The number of carbonyl (C=O) groups is 1. The van der Waals surface area contributed by atoms with Crippen LogP contribution in [-0.4, -0.2) is 42.6 Å². The van der Waals surface area contributed by atoms with Crippen LogP contribution in [0.2, 0.25) is 0 Å². The fourth-order valence-corrected chi connectivity index (χ4v) is 2.43. The molecular weight excluding hydrogens is 216 g/mol. The van der Waals surface area contributed by atoms with Gasteiger partial charge in [0.05, 0.1) is 12.1 Å². The Morgan fingerprint density at radius 3 is 2.82 bits per heavy atom. The highest BCUT2D eigenvalue weighted by Gasteiger charge is 2.35. The summed E-state index contributed by atoms with van der Waals surface area (Å²) in [5, 5.41) is 0. The minimum absolute atomic E-state index is 0.0957. The highest BCUT2D eigenvalue weighted by atomic mass is 16.5. The van der Waals surface area contributed by atoms with E-state index in [1.165, 1.54) is 0 Å². The van der Waals surface area contributed by atoms with Gasteiger partial charge in [0, 0.05) is 25.6 Å². The van der Waals surface area contributed by atoms with Gasteiger partial charge in [-0.25, -0.2) is 0 Å². The smallest absolute Gasteiger partial charge is 0.242 e. The van der Waals surface area contributed by atoms with Gasteiger partial charge in [-0.15, -0.1) is 0 Å². The van der Waals surface area contributed by atoms with Gasteiger partial charge in [0.1, 0.15) is 0 Å². The molecule has 1 heterocycles. The van der Waals surface area contributed by atoms with Gasteiger partial charge >= 0.3 is 0 Å². The zero-order valence-electron chi connectivity index (χ0n) is 11.4. The third kappa shape index (κ3) is 3.96. The molecule has 2 atom stereocenters. The van der Waals surface area contributed by atoms with Crippen LogP contribution >= 0.6 is 0 Å². The molecule has 1 amide bonds. The van der Waals surface area contributed by atoms with Crippen LogP contribution in [0.15, 0.2) is 0 Å². The normalized spacial score (nSPS) is 23.8. The van der Waals surface area contributed by atoms with Crippen molar-refractivity contribution in [2.45, 2.75) is 45.6 Å². The van der Waals surface area contributed by atoms with E-state index in [-0.39, 0.29) is 5.91 Å². The molecule has 17 heavy (non-hydrogen) atoms. The van der Waals surface area contributed by atoms with Crippen molar-refractivity contribution < 1.29 is 9.53 Å². The van der Waals surface area contributed by atoms with E-state index in [2.05, 4.69) is 6.92 Å². The van der Waals surface area contributed by atoms with Gasteiger partial charge in [0.25, 0.3) is 0 Å². The Kier molecular flexibility index (Phi) is 5.40. The summed E-state index contributed by atoms with van der Waals surface area (Å²) in [6, 6.07) is 0. The van der Waals surface area contributed by atoms with E-state index in [9.17, 15) is 4.79 Å². The Morgan fingerprint density at radius 2 is 2.24 bits per heavy atom.